The van der Waals surface area contributed by atoms with Crippen molar-refractivity contribution in [1.29, 1.82) is 0 Å². The molecule has 0 atom stereocenters. The Bertz CT molecular complexity index is 949. The summed E-state index contributed by atoms with van der Waals surface area (Å²) in [4.78, 5) is 28.2. The van der Waals surface area contributed by atoms with E-state index in [9.17, 15) is 26.8 Å². The largest absolute Gasteiger partial charge is 0.365 e. The maximum atomic E-state index is 14.1. The summed E-state index contributed by atoms with van der Waals surface area (Å²) >= 11 is 0. The van der Waals surface area contributed by atoms with Gasteiger partial charge in [-0.25, -0.2) is 17.2 Å². The first-order valence-electron chi connectivity index (χ1n) is 10.2. The highest BCUT2D eigenvalue weighted by Gasteiger charge is 2.37. The van der Waals surface area contributed by atoms with E-state index in [0.717, 1.165) is 12.8 Å². The van der Waals surface area contributed by atoms with E-state index in [4.69, 9.17) is 0 Å². The second-order valence-electron chi connectivity index (χ2n) is 8.32. The summed E-state index contributed by atoms with van der Waals surface area (Å²) in [6, 6.07) is 4.71. The highest BCUT2D eigenvalue weighted by Crippen LogP contribution is 2.35. The minimum absolute atomic E-state index is 0.00984. The van der Waals surface area contributed by atoms with Crippen molar-refractivity contribution in [2.24, 2.45) is 5.92 Å². The molecule has 0 spiro atoms. The number of piperidine rings is 1. The molecule has 1 aliphatic carbocycles. The Labute approximate surface area is 174 Å². The van der Waals surface area contributed by atoms with Crippen LogP contribution in [0.15, 0.2) is 18.2 Å². The van der Waals surface area contributed by atoms with E-state index in [0.29, 0.717) is 24.3 Å². The molecule has 7 nitrogen and oxygen atoms in total. The zero-order valence-electron chi connectivity index (χ0n) is 16.6. The van der Waals surface area contributed by atoms with Crippen molar-refractivity contribution in [3.8, 4) is 0 Å². The van der Waals surface area contributed by atoms with Gasteiger partial charge in [0, 0.05) is 37.7 Å². The first-order valence-corrected chi connectivity index (χ1v) is 12.0. The topological polar surface area (TPSA) is 86.8 Å². The molecule has 10 heteroatoms. The predicted octanol–water partition coefficient (Wildman–Crippen LogP) is 2.14. The highest BCUT2D eigenvalue weighted by atomic mass is 32.2. The van der Waals surface area contributed by atoms with Crippen LogP contribution >= 0.6 is 0 Å². The Hall–Kier alpha value is -2.23. The van der Waals surface area contributed by atoms with Crippen LogP contribution in [0, 0.1) is 5.92 Å². The first kappa shape index (κ1) is 21.0. The molecule has 1 aromatic carbocycles. The van der Waals surface area contributed by atoms with Gasteiger partial charge in [-0.1, -0.05) is 0 Å². The Morgan fingerprint density at radius 3 is 2.43 bits per heavy atom. The van der Waals surface area contributed by atoms with Crippen molar-refractivity contribution in [3.63, 3.8) is 0 Å². The molecule has 164 valence electrons. The number of halogens is 2. The summed E-state index contributed by atoms with van der Waals surface area (Å²) in [6.45, 7) is 0.0415. The molecule has 1 aromatic rings. The molecule has 0 radical (unpaired) electrons. The summed E-state index contributed by atoms with van der Waals surface area (Å²) in [5.41, 5.74) is 1.06. The Balaban J connectivity index is 1.62. The minimum Gasteiger partial charge on any atom is -0.365 e. The molecular formula is C20H25F2N3O4S. The summed E-state index contributed by atoms with van der Waals surface area (Å²) in [5.74, 6) is -3.56. The quantitative estimate of drug-likeness (QED) is 0.774. The van der Waals surface area contributed by atoms with Crippen LogP contribution < -0.4 is 10.2 Å². The third-order valence-electron chi connectivity index (χ3n) is 5.81. The fourth-order valence-corrected chi connectivity index (χ4v) is 5.10. The van der Waals surface area contributed by atoms with E-state index < -0.39 is 22.3 Å². The fraction of sp³-hybridized carbons (Fsp3) is 0.600. The van der Waals surface area contributed by atoms with Crippen molar-refractivity contribution in [3.05, 3.63) is 23.8 Å². The van der Waals surface area contributed by atoms with Gasteiger partial charge in [0.2, 0.25) is 5.91 Å². The third-order valence-corrected chi connectivity index (χ3v) is 7.42. The molecule has 0 aromatic heterocycles. The number of nitrogens with one attached hydrogen (secondary N) is 1. The van der Waals surface area contributed by atoms with Gasteiger partial charge in [-0.15, -0.1) is 0 Å². The number of rotatable bonds is 4. The molecule has 30 heavy (non-hydrogen) atoms. The van der Waals surface area contributed by atoms with Gasteiger partial charge < -0.3 is 15.1 Å². The lowest BCUT2D eigenvalue weighted by atomic mass is 10.0. The van der Waals surface area contributed by atoms with Gasteiger partial charge in [-0.05, 0) is 37.5 Å². The van der Waals surface area contributed by atoms with Crippen molar-refractivity contribution in [2.45, 2.75) is 31.6 Å². The van der Waals surface area contributed by atoms with E-state index >= 15 is 0 Å². The summed E-state index contributed by atoms with van der Waals surface area (Å²) in [5, 5.41) is 2.80. The van der Waals surface area contributed by atoms with Gasteiger partial charge in [-0.3, -0.25) is 9.59 Å². The standard InChI is InChI=1S/C20H25F2N3O4S/c21-20(22)6-1-7-25(13-20)17-12-15(23-18(26)14-2-3-14)4-5-16(17)19(27)24-8-10-30(28,29)11-9-24/h4-5,12,14H,1-3,6-11,13H2,(H,23,26). The van der Waals surface area contributed by atoms with Crippen LogP contribution in [0.2, 0.25) is 0 Å². The minimum atomic E-state index is -3.15. The monoisotopic (exact) mass is 441 g/mol. The Morgan fingerprint density at radius 1 is 1.10 bits per heavy atom. The maximum Gasteiger partial charge on any atom is 0.265 e. The van der Waals surface area contributed by atoms with Gasteiger partial charge >= 0.3 is 0 Å². The molecule has 3 aliphatic rings. The third kappa shape index (κ3) is 4.74. The smallest absolute Gasteiger partial charge is 0.265 e. The van der Waals surface area contributed by atoms with Gasteiger partial charge in [0.05, 0.1) is 29.3 Å². The van der Waals surface area contributed by atoms with E-state index in [-0.39, 0.29) is 54.3 Å². The van der Waals surface area contributed by atoms with Gasteiger partial charge in [0.1, 0.15) is 0 Å². The molecule has 0 unspecified atom stereocenters. The number of nitrogens with zero attached hydrogens (tertiary/aromatic N) is 2. The van der Waals surface area contributed by atoms with Crippen LogP contribution in [0.25, 0.3) is 0 Å². The average molecular weight is 442 g/mol. The number of anilines is 2. The molecule has 2 heterocycles. The number of hydrogen-bond acceptors (Lipinski definition) is 5. The maximum absolute atomic E-state index is 14.1. The lowest BCUT2D eigenvalue weighted by Crippen LogP contribution is -2.46. The van der Waals surface area contributed by atoms with E-state index in [2.05, 4.69) is 5.32 Å². The second kappa shape index (κ2) is 7.79. The van der Waals surface area contributed by atoms with Gasteiger partial charge in [0.25, 0.3) is 11.8 Å². The van der Waals surface area contributed by atoms with Crippen LogP contribution in [0.5, 0.6) is 0 Å². The molecule has 2 amide bonds. The molecular weight excluding hydrogens is 416 g/mol. The zero-order valence-corrected chi connectivity index (χ0v) is 17.4. The van der Waals surface area contributed by atoms with Crippen LogP contribution in [-0.4, -0.2) is 68.7 Å². The van der Waals surface area contributed by atoms with Crippen LogP contribution in [0.4, 0.5) is 20.2 Å². The van der Waals surface area contributed by atoms with Crippen LogP contribution in [-0.2, 0) is 14.6 Å². The average Bonchev–Trinajstić information content (AvgIpc) is 3.52. The van der Waals surface area contributed by atoms with Crippen molar-refractivity contribution < 1.29 is 26.8 Å². The molecule has 3 fully saturated rings. The molecule has 0 bridgehead atoms. The second-order valence-corrected chi connectivity index (χ2v) is 10.6. The first-order chi connectivity index (χ1) is 14.1. The van der Waals surface area contributed by atoms with E-state index in [1.54, 1.807) is 12.1 Å². The Morgan fingerprint density at radius 2 is 1.80 bits per heavy atom. The normalized spacial score (nSPS) is 23.1. The number of sulfone groups is 1. The van der Waals surface area contributed by atoms with Crippen molar-refractivity contribution in [2.75, 3.05) is 47.9 Å². The van der Waals surface area contributed by atoms with E-state index in [1.807, 2.05) is 0 Å². The molecule has 2 saturated heterocycles. The number of hydrogen-bond donors (Lipinski definition) is 1. The molecule has 1 N–H and O–H groups in total. The fourth-order valence-electron chi connectivity index (χ4n) is 3.90. The van der Waals surface area contributed by atoms with Gasteiger partial charge in [-0.2, -0.15) is 0 Å². The van der Waals surface area contributed by atoms with Gasteiger partial charge in [0.15, 0.2) is 9.84 Å². The molecule has 1 saturated carbocycles. The number of amides is 2. The van der Waals surface area contributed by atoms with Crippen molar-refractivity contribution in [1.82, 2.24) is 4.90 Å². The molecule has 2 aliphatic heterocycles. The van der Waals surface area contributed by atoms with Crippen molar-refractivity contribution >= 4 is 33.0 Å². The number of benzene rings is 1. The summed E-state index contributed by atoms with van der Waals surface area (Å²) < 4.78 is 51.5. The Kier molecular flexibility index (Phi) is 5.46. The van der Waals surface area contributed by atoms with Crippen LogP contribution in [0.3, 0.4) is 0 Å². The number of carbonyl (C=O) groups is 2. The number of alkyl halides is 2. The highest BCUT2D eigenvalue weighted by molar-refractivity contribution is 7.91. The SMILES string of the molecule is O=C(Nc1ccc(C(=O)N2CCS(=O)(=O)CC2)c(N2CCCC(F)(F)C2)c1)C1CC1. The summed E-state index contributed by atoms with van der Waals surface area (Å²) in [7, 11) is -3.15. The molecule has 4 rings (SSSR count). The summed E-state index contributed by atoms with van der Waals surface area (Å²) in [6.07, 6.45) is 1.77. The zero-order chi connectivity index (χ0) is 21.5. The lowest BCUT2D eigenvalue weighted by Gasteiger charge is -2.36. The van der Waals surface area contributed by atoms with E-state index in [1.165, 1.54) is 15.9 Å². The predicted molar refractivity (Wildman–Crippen MR) is 109 cm³/mol. The lowest BCUT2D eigenvalue weighted by molar-refractivity contribution is -0.117. The number of carbonyl (C=O) groups excluding carboxylic acids is 2. The van der Waals surface area contributed by atoms with Crippen LogP contribution in [0.1, 0.15) is 36.0 Å².